The van der Waals surface area contributed by atoms with Gasteiger partial charge in [-0.05, 0) is 18.4 Å². The minimum Gasteiger partial charge on any atom is -0.453 e. The van der Waals surface area contributed by atoms with Gasteiger partial charge in [0.2, 0.25) is 0 Å². The Labute approximate surface area is 107 Å². The smallest absolute Gasteiger partial charge is 0.407 e. The molecule has 0 heterocycles. The highest BCUT2D eigenvalue weighted by Crippen LogP contribution is 2.06. The lowest BCUT2D eigenvalue weighted by Gasteiger charge is -2.16. The number of hydrogen-bond donors (Lipinski definition) is 1. The van der Waals surface area contributed by atoms with Crippen molar-refractivity contribution in [3.05, 3.63) is 35.9 Å². The summed E-state index contributed by atoms with van der Waals surface area (Å²) in [5.74, 6) is 0.0340. The van der Waals surface area contributed by atoms with Crippen molar-refractivity contribution in [2.75, 3.05) is 7.11 Å². The van der Waals surface area contributed by atoms with Gasteiger partial charge >= 0.3 is 6.09 Å². The molecule has 0 aliphatic carbocycles. The van der Waals surface area contributed by atoms with E-state index in [0.29, 0.717) is 12.8 Å². The third-order valence-corrected chi connectivity index (χ3v) is 2.65. The van der Waals surface area contributed by atoms with Crippen LogP contribution in [0.25, 0.3) is 0 Å². The van der Waals surface area contributed by atoms with E-state index in [4.69, 9.17) is 0 Å². The Morgan fingerprint density at radius 1 is 1.28 bits per heavy atom. The predicted octanol–water partition coefficient (Wildman–Crippen LogP) is 2.32. The second-order valence-electron chi connectivity index (χ2n) is 4.09. The first-order chi connectivity index (χ1) is 8.67. The fourth-order valence-electron chi connectivity index (χ4n) is 1.72. The Bertz CT molecular complexity index is 389. The first-order valence-electron chi connectivity index (χ1n) is 6.08. The van der Waals surface area contributed by atoms with Gasteiger partial charge in [-0.15, -0.1) is 0 Å². The van der Waals surface area contributed by atoms with Gasteiger partial charge in [0.15, 0.2) is 5.78 Å². The molecule has 1 unspecified atom stereocenters. The second-order valence-corrected chi connectivity index (χ2v) is 4.09. The summed E-state index contributed by atoms with van der Waals surface area (Å²) >= 11 is 0. The number of Topliss-reactive ketones (excluding diaryl/α,β-unsaturated/α-hetero) is 1. The third-order valence-electron chi connectivity index (χ3n) is 2.65. The Morgan fingerprint density at radius 3 is 2.50 bits per heavy atom. The van der Waals surface area contributed by atoms with E-state index in [2.05, 4.69) is 10.1 Å². The summed E-state index contributed by atoms with van der Waals surface area (Å²) in [4.78, 5) is 23.2. The van der Waals surface area contributed by atoms with Crippen molar-refractivity contribution in [2.45, 2.75) is 32.2 Å². The lowest BCUT2D eigenvalue weighted by Crippen LogP contribution is -2.42. The van der Waals surface area contributed by atoms with E-state index in [9.17, 15) is 9.59 Å². The van der Waals surface area contributed by atoms with Crippen molar-refractivity contribution >= 4 is 11.9 Å². The number of ketones is 1. The van der Waals surface area contributed by atoms with Crippen LogP contribution >= 0.6 is 0 Å². The lowest BCUT2D eigenvalue weighted by molar-refractivity contribution is -0.121. The maximum Gasteiger partial charge on any atom is 0.407 e. The number of nitrogens with one attached hydrogen (secondary N) is 1. The monoisotopic (exact) mass is 249 g/mol. The molecule has 0 bridgehead atoms. The van der Waals surface area contributed by atoms with E-state index in [-0.39, 0.29) is 5.78 Å². The van der Waals surface area contributed by atoms with Crippen LogP contribution in [-0.4, -0.2) is 25.0 Å². The molecule has 18 heavy (non-hydrogen) atoms. The van der Waals surface area contributed by atoms with E-state index < -0.39 is 12.1 Å². The van der Waals surface area contributed by atoms with E-state index in [1.54, 1.807) is 0 Å². The van der Waals surface area contributed by atoms with Gasteiger partial charge in [0.05, 0.1) is 13.2 Å². The Morgan fingerprint density at radius 2 is 1.94 bits per heavy atom. The molecular formula is C14H19NO3. The van der Waals surface area contributed by atoms with E-state index in [0.717, 1.165) is 12.0 Å². The molecule has 1 N–H and O–H groups in total. The molecular weight excluding hydrogens is 230 g/mol. The fourth-order valence-corrected chi connectivity index (χ4v) is 1.72. The number of ether oxygens (including phenoxy) is 1. The summed E-state index contributed by atoms with van der Waals surface area (Å²) in [6.45, 7) is 1.94. The molecule has 1 rings (SSSR count). The maximum atomic E-state index is 11.9. The number of rotatable bonds is 6. The summed E-state index contributed by atoms with van der Waals surface area (Å²) in [7, 11) is 1.29. The zero-order chi connectivity index (χ0) is 13.4. The molecule has 0 fully saturated rings. The van der Waals surface area contributed by atoms with Crippen molar-refractivity contribution < 1.29 is 14.3 Å². The molecule has 1 aromatic rings. The van der Waals surface area contributed by atoms with Crippen molar-refractivity contribution in [2.24, 2.45) is 0 Å². The standard InChI is InChI=1S/C14H19NO3/c1-3-7-13(16)12(15-14(17)18-2)10-11-8-5-4-6-9-11/h4-6,8-9,12H,3,7,10H2,1-2H3,(H,15,17). The molecule has 0 aromatic heterocycles. The normalized spacial score (nSPS) is 11.7. The molecule has 4 nitrogen and oxygen atoms in total. The first kappa shape index (κ1) is 14.2. The number of carbonyl (C=O) groups excluding carboxylic acids is 2. The van der Waals surface area contributed by atoms with Crippen molar-refractivity contribution in [1.29, 1.82) is 0 Å². The summed E-state index contributed by atoms with van der Waals surface area (Å²) < 4.78 is 4.54. The van der Waals surface area contributed by atoms with E-state index in [1.807, 2.05) is 37.3 Å². The summed E-state index contributed by atoms with van der Waals surface area (Å²) in [5, 5.41) is 2.59. The Kier molecular flexibility index (Phi) is 5.91. The summed E-state index contributed by atoms with van der Waals surface area (Å²) in [6, 6.07) is 9.10. The van der Waals surface area contributed by atoms with Gasteiger partial charge in [-0.2, -0.15) is 0 Å². The number of methoxy groups -OCH3 is 1. The minimum atomic E-state index is -0.569. The fraction of sp³-hybridized carbons (Fsp3) is 0.429. The van der Waals surface area contributed by atoms with Crippen molar-refractivity contribution in [3.63, 3.8) is 0 Å². The third kappa shape index (κ3) is 4.57. The Hall–Kier alpha value is -1.84. The highest BCUT2D eigenvalue weighted by atomic mass is 16.5. The quantitative estimate of drug-likeness (QED) is 0.841. The lowest BCUT2D eigenvalue weighted by atomic mass is 10.00. The summed E-state index contributed by atoms with van der Waals surface area (Å²) in [6.07, 6.45) is 1.16. The Balaban J connectivity index is 2.71. The SMILES string of the molecule is CCCC(=O)C(Cc1ccccc1)NC(=O)OC. The molecule has 1 aromatic carbocycles. The number of carbonyl (C=O) groups is 2. The minimum absolute atomic E-state index is 0.0340. The number of hydrogen-bond acceptors (Lipinski definition) is 3. The maximum absolute atomic E-state index is 11.9. The number of amides is 1. The zero-order valence-corrected chi connectivity index (χ0v) is 10.8. The molecule has 0 saturated carbocycles. The van der Waals surface area contributed by atoms with E-state index in [1.165, 1.54) is 7.11 Å². The van der Waals surface area contributed by atoms with Crippen LogP contribution in [-0.2, 0) is 16.0 Å². The largest absolute Gasteiger partial charge is 0.453 e. The van der Waals surface area contributed by atoms with Crippen LogP contribution in [0.1, 0.15) is 25.3 Å². The molecule has 1 amide bonds. The molecule has 4 heteroatoms. The molecule has 0 spiro atoms. The van der Waals surface area contributed by atoms with Crippen LogP contribution in [0.3, 0.4) is 0 Å². The topological polar surface area (TPSA) is 55.4 Å². The highest BCUT2D eigenvalue weighted by Gasteiger charge is 2.20. The number of benzene rings is 1. The molecule has 0 radical (unpaired) electrons. The van der Waals surface area contributed by atoms with Crippen molar-refractivity contribution in [3.8, 4) is 0 Å². The molecule has 98 valence electrons. The van der Waals surface area contributed by atoms with Gasteiger partial charge in [0, 0.05) is 6.42 Å². The van der Waals surface area contributed by atoms with Gasteiger partial charge in [-0.3, -0.25) is 4.79 Å². The van der Waals surface area contributed by atoms with Crippen molar-refractivity contribution in [1.82, 2.24) is 5.32 Å². The highest BCUT2D eigenvalue weighted by molar-refractivity contribution is 5.87. The van der Waals surface area contributed by atoms with Crippen LogP contribution in [0.5, 0.6) is 0 Å². The van der Waals surface area contributed by atoms with Crippen LogP contribution in [0.15, 0.2) is 30.3 Å². The van der Waals surface area contributed by atoms with Gasteiger partial charge in [-0.1, -0.05) is 37.3 Å². The average Bonchev–Trinajstić information content (AvgIpc) is 2.39. The predicted molar refractivity (Wildman–Crippen MR) is 69.4 cm³/mol. The van der Waals surface area contributed by atoms with Crippen LogP contribution in [0.4, 0.5) is 4.79 Å². The zero-order valence-electron chi connectivity index (χ0n) is 10.8. The average molecular weight is 249 g/mol. The molecule has 1 atom stereocenters. The van der Waals surface area contributed by atoms with Gasteiger partial charge < -0.3 is 10.1 Å². The first-order valence-corrected chi connectivity index (χ1v) is 6.08. The van der Waals surface area contributed by atoms with Crippen LogP contribution in [0.2, 0.25) is 0 Å². The summed E-state index contributed by atoms with van der Waals surface area (Å²) in [5.41, 5.74) is 1.02. The van der Waals surface area contributed by atoms with E-state index >= 15 is 0 Å². The molecule has 0 aliphatic heterocycles. The van der Waals surface area contributed by atoms with Gasteiger partial charge in [0.25, 0.3) is 0 Å². The molecule has 0 saturated heterocycles. The van der Waals surface area contributed by atoms with Crippen LogP contribution < -0.4 is 5.32 Å². The van der Waals surface area contributed by atoms with Gasteiger partial charge in [0.1, 0.15) is 0 Å². The second kappa shape index (κ2) is 7.48. The number of alkyl carbamates (subject to hydrolysis) is 1. The molecule has 0 aliphatic rings. The van der Waals surface area contributed by atoms with Gasteiger partial charge in [-0.25, -0.2) is 4.79 Å². The van der Waals surface area contributed by atoms with Crippen LogP contribution in [0, 0.1) is 0 Å².